The lowest BCUT2D eigenvalue weighted by Gasteiger charge is -2.22. The highest BCUT2D eigenvalue weighted by atomic mass is 16.2. The van der Waals surface area contributed by atoms with E-state index in [4.69, 9.17) is 0 Å². The molecule has 94 valence electrons. The molecule has 3 nitrogen and oxygen atoms in total. The molecule has 1 unspecified atom stereocenters. The van der Waals surface area contributed by atoms with Crippen molar-refractivity contribution in [3.8, 4) is 0 Å². The monoisotopic (exact) mass is 226 g/mol. The van der Waals surface area contributed by atoms with Crippen molar-refractivity contribution in [1.82, 2.24) is 10.2 Å². The molecule has 16 heavy (non-hydrogen) atoms. The van der Waals surface area contributed by atoms with Gasteiger partial charge in [-0.1, -0.05) is 6.92 Å². The second-order valence-corrected chi connectivity index (χ2v) is 5.15. The summed E-state index contributed by atoms with van der Waals surface area (Å²) >= 11 is 0. The molecule has 1 fully saturated rings. The molecule has 1 N–H and O–H groups in total. The third kappa shape index (κ3) is 3.48. The van der Waals surface area contributed by atoms with Crippen LogP contribution in [0.3, 0.4) is 0 Å². The summed E-state index contributed by atoms with van der Waals surface area (Å²) in [6, 6.07) is 0.539. The molecule has 0 aliphatic heterocycles. The molecule has 0 aromatic rings. The fourth-order valence-electron chi connectivity index (χ4n) is 2.01. The Kier molecular flexibility index (Phi) is 4.78. The molecule has 1 aliphatic carbocycles. The number of hydrogen-bond donors (Lipinski definition) is 1. The lowest BCUT2D eigenvalue weighted by atomic mass is 10.0. The van der Waals surface area contributed by atoms with Crippen LogP contribution in [-0.2, 0) is 4.79 Å². The molecule has 3 heteroatoms. The van der Waals surface area contributed by atoms with Crippen LogP contribution in [0.1, 0.15) is 47.0 Å². The van der Waals surface area contributed by atoms with Crippen LogP contribution in [0, 0.1) is 5.41 Å². The van der Waals surface area contributed by atoms with Gasteiger partial charge in [0, 0.05) is 32.1 Å². The van der Waals surface area contributed by atoms with E-state index in [-0.39, 0.29) is 5.91 Å². The maximum Gasteiger partial charge on any atom is 0.223 e. The van der Waals surface area contributed by atoms with Gasteiger partial charge in [0.1, 0.15) is 0 Å². The Hall–Kier alpha value is -0.570. The molecule has 1 saturated carbocycles. The lowest BCUT2D eigenvalue weighted by Crippen LogP contribution is -2.37. The minimum absolute atomic E-state index is 0.269. The van der Waals surface area contributed by atoms with Crippen molar-refractivity contribution >= 4 is 5.91 Å². The fourth-order valence-corrected chi connectivity index (χ4v) is 2.01. The van der Waals surface area contributed by atoms with E-state index in [9.17, 15) is 4.79 Å². The van der Waals surface area contributed by atoms with E-state index in [1.165, 1.54) is 12.8 Å². The van der Waals surface area contributed by atoms with Crippen LogP contribution in [0.2, 0.25) is 0 Å². The number of nitrogens with zero attached hydrogens (tertiary/aromatic N) is 1. The Morgan fingerprint density at radius 2 is 1.94 bits per heavy atom. The zero-order valence-corrected chi connectivity index (χ0v) is 11.2. The summed E-state index contributed by atoms with van der Waals surface area (Å²) in [4.78, 5) is 13.6. The maximum absolute atomic E-state index is 11.7. The van der Waals surface area contributed by atoms with Crippen LogP contribution in [0.5, 0.6) is 0 Å². The summed E-state index contributed by atoms with van der Waals surface area (Å²) in [5, 5.41) is 3.47. The maximum atomic E-state index is 11.7. The summed E-state index contributed by atoms with van der Waals surface area (Å²) in [6.45, 7) is 11.1. The van der Waals surface area contributed by atoms with E-state index in [0.29, 0.717) is 17.9 Å². The van der Waals surface area contributed by atoms with Gasteiger partial charge in [0.15, 0.2) is 0 Å². The van der Waals surface area contributed by atoms with Gasteiger partial charge in [-0.15, -0.1) is 0 Å². The first-order valence-corrected chi connectivity index (χ1v) is 6.54. The molecule has 0 spiro atoms. The molecule has 0 aromatic heterocycles. The van der Waals surface area contributed by atoms with Crippen LogP contribution in [0.15, 0.2) is 0 Å². The van der Waals surface area contributed by atoms with Gasteiger partial charge in [0.2, 0.25) is 5.91 Å². The van der Waals surface area contributed by atoms with E-state index >= 15 is 0 Å². The van der Waals surface area contributed by atoms with E-state index in [0.717, 1.165) is 19.6 Å². The standard InChI is InChI=1S/C13H26N2O/c1-5-15(6-2)12(16)7-10-14-11(3)13(4)8-9-13/h11,14H,5-10H2,1-4H3. The van der Waals surface area contributed by atoms with Crippen molar-refractivity contribution < 1.29 is 4.79 Å². The van der Waals surface area contributed by atoms with Gasteiger partial charge in [-0.25, -0.2) is 0 Å². The van der Waals surface area contributed by atoms with Crippen LogP contribution < -0.4 is 5.32 Å². The largest absolute Gasteiger partial charge is 0.343 e. The van der Waals surface area contributed by atoms with Gasteiger partial charge in [0.25, 0.3) is 0 Å². The van der Waals surface area contributed by atoms with Crippen LogP contribution in [-0.4, -0.2) is 36.5 Å². The molecular formula is C13H26N2O. The average Bonchev–Trinajstić information content (AvgIpc) is 2.99. The predicted octanol–water partition coefficient (Wildman–Crippen LogP) is 2.02. The molecular weight excluding hydrogens is 200 g/mol. The van der Waals surface area contributed by atoms with Gasteiger partial charge in [-0.05, 0) is 39.0 Å². The zero-order chi connectivity index (χ0) is 12.2. The summed E-state index contributed by atoms with van der Waals surface area (Å²) in [5.74, 6) is 0.269. The van der Waals surface area contributed by atoms with E-state index in [2.05, 4.69) is 19.2 Å². The number of nitrogens with one attached hydrogen (secondary N) is 1. The van der Waals surface area contributed by atoms with Crippen LogP contribution >= 0.6 is 0 Å². The number of rotatable bonds is 7. The quantitative estimate of drug-likeness (QED) is 0.720. The minimum Gasteiger partial charge on any atom is -0.343 e. The predicted molar refractivity (Wildman–Crippen MR) is 67.4 cm³/mol. The van der Waals surface area contributed by atoms with Crippen molar-refractivity contribution in [2.75, 3.05) is 19.6 Å². The number of carbonyl (C=O) groups excluding carboxylic acids is 1. The summed E-state index contributed by atoms with van der Waals surface area (Å²) in [5.41, 5.74) is 0.498. The molecule has 0 saturated heterocycles. The van der Waals surface area contributed by atoms with Crippen molar-refractivity contribution in [2.24, 2.45) is 5.41 Å². The summed E-state index contributed by atoms with van der Waals surface area (Å²) in [7, 11) is 0. The minimum atomic E-state index is 0.269. The molecule has 0 heterocycles. The first kappa shape index (κ1) is 13.5. The number of carbonyl (C=O) groups is 1. The van der Waals surface area contributed by atoms with Crippen molar-refractivity contribution in [3.63, 3.8) is 0 Å². The lowest BCUT2D eigenvalue weighted by molar-refractivity contribution is -0.130. The Balaban J connectivity index is 2.17. The smallest absolute Gasteiger partial charge is 0.223 e. The third-order valence-corrected chi connectivity index (χ3v) is 3.99. The molecule has 1 aliphatic rings. The van der Waals surface area contributed by atoms with Gasteiger partial charge in [-0.3, -0.25) is 4.79 Å². The molecule has 0 aromatic carbocycles. The SMILES string of the molecule is CCN(CC)C(=O)CCNC(C)C1(C)CC1. The Bertz CT molecular complexity index is 232. The van der Waals surface area contributed by atoms with E-state index in [1.54, 1.807) is 0 Å². The molecule has 1 rings (SSSR count). The first-order valence-electron chi connectivity index (χ1n) is 6.54. The van der Waals surface area contributed by atoms with Gasteiger partial charge in [-0.2, -0.15) is 0 Å². The highest BCUT2D eigenvalue weighted by Crippen LogP contribution is 2.47. The summed E-state index contributed by atoms with van der Waals surface area (Å²) < 4.78 is 0. The fraction of sp³-hybridized carbons (Fsp3) is 0.923. The van der Waals surface area contributed by atoms with E-state index < -0.39 is 0 Å². The van der Waals surface area contributed by atoms with Gasteiger partial charge < -0.3 is 10.2 Å². The van der Waals surface area contributed by atoms with E-state index in [1.807, 2.05) is 18.7 Å². The number of hydrogen-bond acceptors (Lipinski definition) is 2. The van der Waals surface area contributed by atoms with Gasteiger partial charge in [0.05, 0.1) is 0 Å². The van der Waals surface area contributed by atoms with Gasteiger partial charge >= 0.3 is 0 Å². The zero-order valence-electron chi connectivity index (χ0n) is 11.2. The van der Waals surface area contributed by atoms with Crippen LogP contribution in [0.25, 0.3) is 0 Å². The van der Waals surface area contributed by atoms with Crippen molar-refractivity contribution in [2.45, 2.75) is 53.0 Å². The highest BCUT2D eigenvalue weighted by molar-refractivity contribution is 5.76. The average molecular weight is 226 g/mol. The number of amides is 1. The topological polar surface area (TPSA) is 32.3 Å². The third-order valence-electron chi connectivity index (χ3n) is 3.99. The molecule has 1 atom stereocenters. The molecule has 1 amide bonds. The first-order chi connectivity index (χ1) is 7.53. The summed E-state index contributed by atoms with van der Waals surface area (Å²) in [6.07, 6.45) is 3.28. The molecule has 0 radical (unpaired) electrons. The Labute approximate surface area is 99.6 Å². The van der Waals surface area contributed by atoms with Crippen molar-refractivity contribution in [3.05, 3.63) is 0 Å². The highest BCUT2D eigenvalue weighted by Gasteiger charge is 2.42. The van der Waals surface area contributed by atoms with Crippen molar-refractivity contribution in [1.29, 1.82) is 0 Å². The van der Waals surface area contributed by atoms with Crippen LogP contribution in [0.4, 0.5) is 0 Å². The Morgan fingerprint density at radius 1 is 1.38 bits per heavy atom. The second-order valence-electron chi connectivity index (χ2n) is 5.15. The Morgan fingerprint density at radius 3 is 2.38 bits per heavy atom. The second kappa shape index (κ2) is 5.67. The molecule has 0 bridgehead atoms. The normalized spacial score (nSPS) is 19.2.